The molecule has 0 nitrogen and oxygen atoms in total. The van der Waals surface area contributed by atoms with Gasteiger partial charge >= 0.3 is 0 Å². The van der Waals surface area contributed by atoms with Gasteiger partial charge in [-0.1, -0.05) is 0 Å². The monoisotopic (exact) mass is 260 g/mol. The van der Waals surface area contributed by atoms with E-state index in [1.54, 1.807) is 0 Å². The number of rotatable bonds is 3. The molecule has 0 N–H and O–H groups in total. The molecule has 0 spiro atoms. The standard InChI is InChI=1S/C12H20S3/c13-1-2-15-8-5-9-7-3-11(10(9)6-8)12(14)4-7/h7-14H,1-6H2. The first-order valence-electron chi connectivity index (χ1n) is 6.20. The number of hydrogen-bond donors (Lipinski definition) is 2. The van der Waals surface area contributed by atoms with Gasteiger partial charge < -0.3 is 0 Å². The molecule has 0 aliphatic heterocycles. The van der Waals surface area contributed by atoms with Crippen LogP contribution < -0.4 is 0 Å². The van der Waals surface area contributed by atoms with Crippen LogP contribution in [0.4, 0.5) is 0 Å². The van der Waals surface area contributed by atoms with Crippen molar-refractivity contribution in [1.29, 1.82) is 0 Å². The molecule has 6 atom stereocenters. The van der Waals surface area contributed by atoms with Crippen LogP contribution in [-0.4, -0.2) is 22.0 Å². The molecule has 0 aromatic heterocycles. The minimum Gasteiger partial charge on any atom is -0.179 e. The van der Waals surface area contributed by atoms with E-state index in [0.29, 0.717) is 0 Å². The molecule has 3 rings (SSSR count). The molecule has 0 amide bonds. The third kappa shape index (κ3) is 1.87. The van der Waals surface area contributed by atoms with Crippen molar-refractivity contribution in [3.63, 3.8) is 0 Å². The van der Waals surface area contributed by atoms with Crippen molar-refractivity contribution in [2.75, 3.05) is 11.5 Å². The Kier molecular flexibility index (Phi) is 3.26. The third-order valence-corrected chi connectivity index (χ3v) is 7.25. The Morgan fingerprint density at radius 3 is 2.60 bits per heavy atom. The Morgan fingerprint density at radius 2 is 1.80 bits per heavy atom. The van der Waals surface area contributed by atoms with Crippen LogP contribution in [0.25, 0.3) is 0 Å². The average molecular weight is 260 g/mol. The van der Waals surface area contributed by atoms with Gasteiger partial charge in [0, 0.05) is 16.3 Å². The fourth-order valence-electron chi connectivity index (χ4n) is 4.34. The number of thiol groups is 2. The van der Waals surface area contributed by atoms with E-state index in [2.05, 4.69) is 24.4 Å². The lowest BCUT2D eigenvalue weighted by molar-refractivity contribution is 0.267. The van der Waals surface area contributed by atoms with Crippen molar-refractivity contribution >= 4 is 37.0 Å². The van der Waals surface area contributed by atoms with Crippen LogP contribution in [0, 0.1) is 23.7 Å². The van der Waals surface area contributed by atoms with E-state index < -0.39 is 0 Å². The van der Waals surface area contributed by atoms with Gasteiger partial charge in [-0.15, -0.1) is 0 Å². The molecule has 2 bridgehead atoms. The van der Waals surface area contributed by atoms with Crippen LogP contribution in [0.1, 0.15) is 25.7 Å². The van der Waals surface area contributed by atoms with Crippen LogP contribution in [0.2, 0.25) is 0 Å². The lowest BCUT2D eigenvalue weighted by Gasteiger charge is -2.28. The molecule has 15 heavy (non-hydrogen) atoms. The molecule has 0 aromatic rings. The predicted octanol–water partition coefficient (Wildman–Crippen LogP) is 3.38. The Hall–Kier alpha value is 1.05. The van der Waals surface area contributed by atoms with Gasteiger partial charge in [0.2, 0.25) is 0 Å². The zero-order chi connectivity index (χ0) is 10.4. The van der Waals surface area contributed by atoms with Crippen molar-refractivity contribution in [2.45, 2.75) is 36.2 Å². The van der Waals surface area contributed by atoms with Gasteiger partial charge in [0.25, 0.3) is 0 Å². The zero-order valence-corrected chi connectivity index (χ0v) is 11.6. The van der Waals surface area contributed by atoms with Crippen molar-refractivity contribution in [1.82, 2.24) is 0 Å². The van der Waals surface area contributed by atoms with E-state index in [0.717, 1.165) is 39.9 Å². The second-order valence-corrected chi connectivity index (χ2v) is 8.00. The largest absolute Gasteiger partial charge is 0.179 e. The van der Waals surface area contributed by atoms with E-state index in [1.165, 1.54) is 31.4 Å². The fraction of sp³-hybridized carbons (Fsp3) is 1.00. The van der Waals surface area contributed by atoms with Gasteiger partial charge in [0.1, 0.15) is 0 Å². The van der Waals surface area contributed by atoms with Gasteiger partial charge in [0.15, 0.2) is 0 Å². The number of hydrogen-bond acceptors (Lipinski definition) is 3. The van der Waals surface area contributed by atoms with Crippen LogP contribution in [0.15, 0.2) is 0 Å². The summed E-state index contributed by atoms with van der Waals surface area (Å²) in [7, 11) is 0. The van der Waals surface area contributed by atoms with Gasteiger partial charge in [-0.3, -0.25) is 0 Å². The summed E-state index contributed by atoms with van der Waals surface area (Å²) in [6, 6.07) is 0. The Bertz CT molecular complexity index is 243. The summed E-state index contributed by atoms with van der Waals surface area (Å²) in [5.41, 5.74) is 0. The molecule has 3 aliphatic rings. The summed E-state index contributed by atoms with van der Waals surface area (Å²) >= 11 is 11.2. The van der Waals surface area contributed by atoms with Crippen molar-refractivity contribution in [3.8, 4) is 0 Å². The second kappa shape index (κ2) is 4.38. The van der Waals surface area contributed by atoms with E-state index >= 15 is 0 Å². The van der Waals surface area contributed by atoms with Crippen molar-refractivity contribution in [2.24, 2.45) is 23.7 Å². The maximum atomic E-state index is 4.76. The molecule has 3 saturated carbocycles. The van der Waals surface area contributed by atoms with Crippen molar-refractivity contribution in [3.05, 3.63) is 0 Å². The highest BCUT2D eigenvalue weighted by Crippen LogP contribution is 2.61. The summed E-state index contributed by atoms with van der Waals surface area (Å²) in [5, 5.41) is 1.70. The van der Waals surface area contributed by atoms with Crippen LogP contribution >= 0.6 is 37.0 Å². The molecular formula is C12H20S3. The average Bonchev–Trinajstić information content (AvgIpc) is 2.83. The summed E-state index contributed by atoms with van der Waals surface area (Å²) in [6.45, 7) is 0. The fourth-order valence-corrected chi connectivity index (χ4v) is 6.43. The third-order valence-electron chi connectivity index (χ3n) is 4.83. The Balaban J connectivity index is 1.62. The molecule has 3 heteroatoms. The molecule has 0 radical (unpaired) electrons. The van der Waals surface area contributed by atoms with E-state index in [1.807, 2.05) is 0 Å². The highest BCUT2D eigenvalue weighted by Gasteiger charge is 2.54. The normalized spacial score (nSPS) is 52.4. The van der Waals surface area contributed by atoms with Crippen molar-refractivity contribution < 1.29 is 0 Å². The van der Waals surface area contributed by atoms with E-state index in [-0.39, 0.29) is 0 Å². The molecule has 0 aromatic carbocycles. The summed E-state index contributed by atoms with van der Waals surface area (Å²) in [5.74, 6) is 6.43. The van der Waals surface area contributed by atoms with Crippen LogP contribution in [0.3, 0.4) is 0 Å². The van der Waals surface area contributed by atoms with E-state index in [4.69, 9.17) is 12.6 Å². The Morgan fingerprint density at radius 1 is 1.00 bits per heavy atom. The highest BCUT2D eigenvalue weighted by atomic mass is 32.2. The molecular weight excluding hydrogens is 240 g/mol. The topological polar surface area (TPSA) is 0 Å². The van der Waals surface area contributed by atoms with Gasteiger partial charge in [0.05, 0.1) is 0 Å². The predicted molar refractivity (Wildman–Crippen MR) is 75.3 cm³/mol. The maximum absolute atomic E-state index is 4.76. The molecule has 6 unspecified atom stereocenters. The first kappa shape index (κ1) is 11.2. The summed E-state index contributed by atoms with van der Waals surface area (Å²) in [6.07, 6.45) is 5.92. The highest BCUT2D eigenvalue weighted by molar-refractivity contribution is 8.00. The smallest absolute Gasteiger partial charge is 0.00530 e. The summed E-state index contributed by atoms with van der Waals surface area (Å²) in [4.78, 5) is 0. The Labute approximate surface area is 108 Å². The van der Waals surface area contributed by atoms with Crippen LogP contribution in [0.5, 0.6) is 0 Å². The second-order valence-electron chi connectivity index (χ2n) is 5.48. The van der Waals surface area contributed by atoms with Gasteiger partial charge in [-0.25, -0.2) is 0 Å². The molecule has 0 heterocycles. The first-order valence-corrected chi connectivity index (χ1v) is 8.40. The van der Waals surface area contributed by atoms with Gasteiger partial charge in [-0.05, 0) is 55.1 Å². The zero-order valence-electron chi connectivity index (χ0n) is 9.01. The first-order chi connectivity index (χ1) is 7.29. The SMILES string of the molecule is SCCSC1CC2C3CC(S)C(C3)C2C1. The molecule has 3 fully saturated rings. The minimum atomic E-state index is 0.741. The minimum absolute atomic E-state index is 0.741. The van der Waals surface area contributed by atoms with E-state index in [9.17, 15) is 0 Å². The molecule has 86 valence electrons. The number of thioether (sulfide) groups is 1. The lowest BCUT2D eigenvalue weighted by Crippen LogP contribution is -2.24. The quantitative estimate of drug-likeness (QED) is 0.734. The number of fused-ring (bicyclic) bond motifs is 5. The molecule has 3 aliphatic carbocycles. The molecule has 0 saturated heterocycles. The summed E-state index contributed by atoms with van der Waals surface area (Å²) < 4.78 is 0. The maximum Gasteiger partial charge on any atom is 0.00530 e. The van der Waals surface area contributed by atoms with Crippen LogP contribution in [-0.2, 0) is 0 Å². The van der Waals surface area contributed by atoms with Gasteiger partial charge in [-0.2, -0.15) is 37.0 Å². The lowest BCUT2D eigenvalue weighted by atomic mass is 9.81.